The van der Waals surface area contributed by atoms with E-state index in [4.69, 9.17) is 11.6 Å². The summed E-state index contributed by atoms with van der Waals surface area (Å²) in [6.45, 7) is 3.94. The van der Waals surface area contributed by atoms with Gasteiger partial charge in [0.2, 0.25) is 0 Å². The zero-order valence-electron chi connectivity index (χ0n) is 8.66. The van der Waals surface area contributed by atoms with Crippen LogP contribution in [0.15, 0.2) is 30.6 Å². The van der Waals surface area contributed by atoms with E-state index < -0.39 is 0 Å². The second-order valence-electron chi connectivity index (χ2n) is 3.48. The first-order valence-electron chi connectivity index (χ1n) is 4.72. The van der Waals surface area contributed by atoms with Gasteiger partial charge in [-0.2, -0.15) is 0 Å². The molecule has 0 aliphatic rings. The SMILES string of the molecule is Cc1ccc(-c2ccncc2C)c(Cl)n1. The molecule has 2 aromatic rings. The molecule has 15 heavy (non-hydrogen) atoms. The zero-order chi connectivity index (χ0) is 10.8. The van der Waals surface area contributed by atoms with Crippen molar-refractivity contribution >= 4 is 11.6 Å². The van der Waals surface area contributed by atoms with Gasteiger partial charge in [-0.3, -0.25) is 4.98 Å². The van der Waals surface area contributed by atoms with Crippen molar-refractivity contribution in [3.05, 3.63) is 47.0 Å². The molecular formula is C12H11ClN2. The second-order valence-corrected chi connectivity index (χ2v) is 3.84. The highest BCUT2D eigenvalue weighted by molar-refractivity contribution is 6.32. The van der Waals surface area contributed by atoms with E-state index in [-0.39, 0.29) is 0 Å². The third-order valence-corrected chi connectivity index (χ3v) is 2.59. The van der Waals surface area contributed by atoms with Crippen LogP contribution in [0.5, 0.6) is 0 Å². The van der Waals surface area contributed by atoms with E-state index in [0.29, 0.717) is 5.15 Å². The van der Waals surface area contributed by atoms with E-state index in [1.54, 1.807) is 6.20 Å². The average Bonchev–Trinajstić information content (AvgIpc) is 2.20. The predicted molar refractivity (Wildman–Crippen MR) is 62.0 cm³/mol. The molecule has 0 radical (unpaired) electrons. The molecule has 0 unspecified atom stereocenters. The average molecular weight is 219 g/mol. The quantitative estimate of drug-likeness (QED) is 0.686. The summed E-state index contributed by atoms with van der Waals surface area (Å²) in [7, 11) is 0. The number of rotatable bonds is 1. The Morgan fingerprint density at radius 2 is 1.87 bits per heavy atom. The number of halogens is 1. The van der Waals surface area contributed by atoms with Crippen molar-refractivity contribution in [3.63, 3.8) is 0 Å². The Bertz CT molecular complexity index is 495. The number of hydrogen-bond donors (Lipinski definition) is 0. The van der Waals surface area contributed by atoms with E-state index in [9.17, 15) is 0 Å². The second kappa shape index (κ2) is 3.99. The molecule has 0 aliphatic carbocycles. The molecule has 0 fully saturated rings. The maximum Gasteiger partial charge on any atom is 0.137 e. The molecule has 2 rings (SSSR count). The van der Waals surface area contributed by atoms with Gasteiger partial charge in [0.15, 0.2) is 0 Å². The van der Waals surface area contributed by atoms with Crippen LogP contribution in [0.3, 0.4) is 0 Å². The van der Waals surface area contributed by atoms with Crippen LogP contribution in [0, 0.1) is 13.8 Å². The van der Waals surface area contributed by atoms with Gasteiger partial charge in [0.1, 0.15) is 5.15 Å². The number of pyridine rings is 2. The van der Waals surface area contributed by atoms with Crippen molar-refractivity contribution in [3.8, 4) is 11.1 Å². The summed E-state index contributed by atoms with van der Waals surface area (Å²) in [6, 6.07) is 5.90. The van der Waals surface area contributed by atoms with Crippen molar-refractivity contribution < 1.29 is 0 Å². The molecule has 0 amide bonds. The normalized spacial score (nSPS) is 10.3. The highest BCUT2D eigenvalue weighted by Crippen LogP contribution is 2.28. The van der Waals surface area contributed by atoms with Crippen molar-refractivity contribution in [2.75, 3.05) is 0 Å². The summed E-state index contributed by atoms with van der Waals surface area (Å²) >= 11 is 6.10. The molecular weight excluding hydrogens is 208 g/mol. The molecule has 0 spiro atoms. The maximum atomic E-state index is 6.10. The molecule has 76 valence electrons. The molecule has 2 heterocycles. The van der Waals surface area contributed by atoms with Crippen molar-refractivity contribution in [1.29, 1.82) is 0 Å². The Morgan fingerprint density at radius 1 is 1.07 bits per heavy atom. The topological polar surface area (TPSA) is 25.8 Å². The predicted octanol–water partition coefficient (Wildman–Crippen LogP) is 3.41. The summed E-state index contributed by atoms with van der Waals surface area (Å²) in [5.41, 5.74) is 4.07. The Kier molecular flexibility index (Phi) is 2.69. The van der Waals surface area contributed by atoms with Crippen molar-refractivity contribution in [2.24, 2.45) is 0 Å². The van der Waals surface area contributed by atoms with Gasteiger partial charge in [-0.1, -0.05) is 11.6 Å². The Hall–Kier alpha value is -1.41. The third-order valence-electron chi connectivity index (χ3n) is 2.30. The minimum absolute atomic E-state index is 0.546. The lowest BCUT2D eigenvalue weighted by Crippen LogP contribution is -1.89. The summed E-state index contributed by atoms with van der Waals surface area (Å²) in [5, 5.41) is 0.546. The van der Waals surface area contributed by atoms with Gasteiger partial charge in [0.25, 0.3) is 0 Å². The van der Waals surface area contributed by atoms with Gasteiger partial charge < -0.3 is 0 Å². The van der Waals surface area contributed by atoms with Crippen LogP contribution < -0.4 is 0 Å². The molecule has 0 aliphatic heterocycles. The Morgan fingerprint density at radius 3 is 2.53 bits per heavy atom. The van der Waals surface area contributed by atoms with Crippen LogP contribution in [-0.2, 0) is 0 Å². The summed E-state index contributed by atoms with van der Waals surface area (Å²) in [5.74, 6) is 0. The first-order valence-corrected chi connectivity index (χ1v) is 5.10. The highest BCUT2D eigenvalue weighted by atomic mass is 35.5. The fraction of sp³-hybridized carbons (Fsp3) is 0.167. The standard InChI is InChI=1S/C12H11ClN2/c1-8-7-14-6-5-10(8)11-4-3-9(2)15-12(11)13/h3-7H,1-2H3. The monoisotopic (exact) mass is 218 g/mol. The van der Waals surface area contributed by atoms with Crippen LogP contribution >= 0.6 is 11.6 Å². The smallest absolute Gasteiger partial charge is 0.137 e. The van der Waals surface area contributed by atoms with Gasteiger partial charge in [0.05, 0.1) is 0 Å². The lowest BCUT2D eigenvalue weighted by molar-refractivity contribution is 1.19. The summed E-state index contributed by atoms with van der Waals surface area (Å²) < 4.78 is 0. The molecule has 0 saturated heterocycles. The molecule has 3 heteroatoms. The minimum atomic E-state index is 0.546. The van der Waals surface area contributed by atoms with Gasteiger partial charge in [-0.15, -0.1) is 0 Å². The minimum Gasteiger partial charge on any atom is -0.264 e. The molecule has 0 bridgehead atoms. The van der Waals surface area contributed by atoms with Crippen LogP contribution in [0.2, 0.25) is 5.15 Å². The number of nitrogens with zero attached hydrogens (tertiary/aromatic N) is 2. The largest absolute Gasteiger partial charge is 0.264 e. The summed E-state index contributed by atoms with van der Waals surface area (Å²) in [6.07, 6.45) is 3.59. The zero-order valence-corrected chi connectivity index (χ0v) is 9.42. The molecule has 0 aromatic carbocycles. The van der Waals surface area contributed by atoms with Gasteiger partial charge in [-0.05, 0) is 43.2 Å². The Balaban J connectivity index is 2.60. The van der Waals surface area contributed by atoms with Crippen LogP contribution in [0.1, 0.15) is 11.3 Å². The highest BCUT2D eigenvalue weighted by Gasteiger charge is 2.06. The molecule has 0 atom stereocenters. The van der Waals surface area contributed by atoms with E-state index in [0.717, 1.165) is 22.4 Å². The van der Waals surface area contributed by atoms with Gasteiger partial charge in [-0.25, -0.2) is 4.98 Å². The molecule has 2 nitrogen and oxygen atoms in total. The number of hydrogen-bond acceptors (Lipinski definition) is 2. The first kappa shape index (κ1) is 10.1. The fourth-order valence-corrected chi connectivity index (χ4v) is 1.80. The van der Waals surface area contributed by atoms with Crippen LogP contribution in [0.25, 0.3) is 11.1 Å². The van der Waals surface area contributed by atoms with Crippen molar-refractivity contribution in [2.45, 2.75) is 13.8 Å². The van der Waals surface area contributed by atoms with Gasteiger partial charge in [0, 0.05) is 23.7 Å². The molecule has 0 saturated carbocycles. The lowest BCUT2D eigenvalue weighted by atomic mass is 10.0. The first-order chi connectivity index (χ1) is 7.18. The fourth-order valence-electron chi connectivity index (χ4n) is 1.50. The van der Waals surface area contributed by atoms with Crippen LogP contribution in [0.4, 0.5) is 0 Å². The van der Waals surface area contributed by atoms with E-state index in [1.165, 1.54) is 0 Å². The maximum absolute atomic E-state index is 6.10. The number of aryl methyl sites for hydroxylation is 2. The van der Waals surface area contributed by atoms with Crippen LogP contribution in [-0.4, -0.2) is 9.97 Å². The van der Waals surface area contributed by atoms with E-state index in [1.807, 2.05) is 38.2 Å². The van der Waals surface area contributed by atoms with Gasteiger partial charge >= 0.3 is 0 Å². The summed E-state index contributed by atoms with van der Waals surface area (Å²) in [4.78, 5) is 8.29. The third kappa shape index (κ3) is 2.00. The van der Waals surface area contributed by atoms with E-state index >= 15 is 0 Å². The molecule has 2 aromatic heterocycles. The lowest BCUT2D eigenvalue weighted by Gasteiger charge is -2.07. The van der Waals surface area contributed by atoms with Crippen molar-refractivity contribution in [1.82, 2.24) is 9.97 Å². The van der Waals surface area contributed by atoms with E-state index in [2.05, 4.69) is 9.97 Å². The number of aromatic nitrogens is 2. The Labute approximate surface area is 94.0 Å². The molecule has 0 N–H and O–H groups in total.